The molecule has 0 aliphatic carbocycles. The molecule has 1 heterocycles. The summed E-state index contributed by atoms with van der Waals surface area (Å²) in [7, 11) is 0. The SMILES string of the molecule is CCc1nnsc1C(=O)OCC(=O)Nc1ccccc1Cc1ccccc1. The average molecular weight is 381 g/mol. The third-order valence-electron chi connectivity index (χ3n) is 3.94. The van der Waals surface area contributed by atoms with Crippen molar-refractivity contribution < 1.29 is 14.3 Å². The highest BCUT2D eigenvalue weighted by Gasteiger charge is 2.18. The first kappa shape index (κ1) is 18.7. The summed E-state index contributed by atoms with van der Waals surface area (Å²) in [4.78, 5) is 24.7. The topological polar surface area (TPSA) is 81.2 Å². The second kappa shape index (κ2) is 9.05. The van der Waals surface area contributed by atoms with Gasteiger partial charge in [-0.25, -0.2) is 4.79 Å². The third-order valence-corrected chi connectivity index (χ3v) is 4.69. The van der Waals surface area contributed by atoms with Gasteiger partial charge in [0.15, 0.2) is 11.5 Å². The normalized spacial score (nSPS) is 10.4. The van der Waals surface area contributed by atoms with E-state index in [0.717, 1.165) is 22.7 Å². The minimum Gasteiger partial charge on any atom is -0.451 e. The molecule has 0 saturated heterocycles. The molecule has 0 spiro atoms. The Hall–Kier alpha value is -3.06. The molecule has 0 unspecified atom stereocenters. The van der Waals surface area contributed by atoms with Gasteiger partial charge in [-0.05, 0) is 41.6 Å². The first-order valence-electron chi connectivity index (χ1n) is 8.57. The van der Waals surface area contributed by atoms with Gasteiger partial charge in [0.25, 0.3) is 5.91 Å². The summed E-state index contributed by atoms with van der Waals surface area (Å²) in [6.45, 7) is 1.52. The lowest BCUT2D eigenvalue weighted by Gasteiger charge is -2.11. The van der Waals surface area contributed by atoms with Crippen LogP contribution >= 0.6 is 11.5 Å². The molecule has 0 saturated carbocycles. The number of carbonyl (C=O) groups excluding carboxylic acids is 2. The standard InChI is InChI=1S/C20H19N3O3S/c1-2-16-19(27-23-22-16)20(25)26-13-18(24)21-17-11-7-6-10-15(17)12-14-8-4-3-5-9-14/h3-11H,2,12-13H2,1H3,(H,21,24). The van der Waals surface area contributed by atoms with Gasteiger partial charge in [-0.15, -0.1) is 5.10 Å². The monoisotopic (exact) mass is 381 g/mol. The minimum absolute atomic E-state index is 0.342. The molecule has 1 N–H and O–H groups in total. The van der Waals surface area contributed by atoms with Gasteiger partial charge in [0.2, 0.25) is 0 Å². The van der Waals surface area contributed by atoms with Crippen LogP contribution in [0.2, 0.25) is 0 Å². The van der Waals surface area contributed by atoms with Crippen LogP contribution in [0.5, 0.6) is 0 Å². The molecular weight excluding hydrogens is 362 g/mol. The number of esters is 1. The van der Waals surface area contributed by atoms with E-state index < -0.39 is 5.97 Å². The molecular formula is C20H19N3O3S. The van der Waals surface area contributed by atoms with Crippen LogP contribution in [0.4, 0.5) is 5.69 Å². The zero-order chi connectivity index (χ0) is 19.1. The zero-order valence-electron chi connectivity index (χ0n) is 14.8. The minimum atomic E-state index is -0.574. The summed E-state index contributed by atoms with van der Waals surface area (Å²) in [5.41, 5.74) is 3.42. The van der Waals surface area contributed by atoms with Crippen LogP contribution < -0.4 is 5.32 Å². The van der Waals surface area contributed by atoms with Crippen LogP contribution in [-0.4, -0.2) is 28.1 Å². The lowest BCUT2D eigenvalue weighted by molar-refractivity contribution is -0.119. The molecule has 0 radical (unpaired) electrons. The molecule has 1 amide bonds. The van der Waals surface area contributed by atoms with E-state index in [9.17, 15) is 9.59 Å². The smallest absolute Gasteiger partial charge is 0.352 e. The van der Waals surface area contributed by atoms with Crippen molar-refractivity contribution in [1.29, 1.82) is 0 Å². The van der Waals surface area contributed by atoms with E-state index in [4.69, 9.17) is 4.74 Å². The molecule has 0 fully saturated rings. The van der Waals surface area contributed by atoms with Crippen LogP contribution in [0.25, 0.3) is 0 Å². The number of hydrogen-bond acceptors (Lipinski definition) is 6. The summed E-state index contributed by atoms with van der Waals surface area (Å²) in [6.07, 6.45) is 1.28. The number of aromatic nitrogens is 2. The maximum Gasteiger partial charge on any atom is 0.352 e. The molecule has 6 nitrogen and oxygen atoms in total. The molecule has 2 aromatic carbocycles. The van der Waals surface area contributed by atoms with Crippen molar-refractivity contribution in [2.75, 3.05) is 11.9 Å². The maximum absolute atomic E-state index is 12.2. The Morgan fingerprint density at radius 3 is 2.59 bits per heavy atom. The van der Waals surface area contributed by atoms with Crippen molar-refractivity contribution in [1.82, 2.24) is 9.59 Å². The highest BCUT2D eigenvalue weighted by molar-refractivity contribution is 7.07. The van der Waals surface area contributed by atoms with Crippen molar-refractivity contribution in [3.63, 3.8) is 0 Å². The van der Waals surface area contributed by atoms with Crippen molar-refractivity contribution >= 4 is 29.1 Å². The predicted molar refractivity (Wildman–Crippen MR) is 104 cm³/mol. The van der Waals surface area contributed by atoms with Crippen LogP contribution in [0.15, 0.2) is 54.6 Å². The van der Waals surface area contributed by atoms with Gasteiger partial charge in [0.1, 0.15) is 0 Å². The first-order valence-corrected chi connectivity index (χ1v) is 9.34. The van der Waals surface area contributed by atoms with Crippen LogP contribution in [0.1, 0.15) is 33.4 Å². The fourth-order valence-electron chi connectivity index (χ4n) is 2.59. The van der Waals surface area contributed by atoms with Gasteiger partial charge in [-0.1, -0.05) is 59.9 Å². The van der Waals surface area contributed by atoms with E-state index in [2.05, 4.69) is 14.9 Å². The van der Waals surface area contributed by atoms with Crippen LogP contribution in [-0.2, 0) is 22.4 Å². The Morgan fingerprint density at radius 1 is 1.07 bits per heavy atom. The van der Waals surface area contributed by atoms with Gasteiger partial charge < -0.3 is 10.1 Å². The van der Waals surface area contributed by atoms with Crippen molar-refractivity contribution in [2.24, 2.45) is 0 Å². The average Bonchev–Trinajstić information content (AvgIpc) is 3.17. The summed E-state index contributed by atoms with van der Waals surface area (Å²) < 4.78 is 8.85. The lowest BCUT2D eigenvalue weighted by atomic mass is 10.0. The van der Waals surface area contributed by atoms with Gasteiger partial charge >= 0.3 is 5.97 Å². The first-order chi connectivity index (χ1) is 13.2. The Balaban J connectivity index is 1.60. The van der Waals surface area contributed by atoms with Gasteiger partial charge in [-0.3, -0.25) is 4.79 Å². The number of ether oxygens (including phenoxy) is 1. The van der Waals surface area contributed by atoms with E-state index in [0.29, 0.717) is 29.1 Å². The van der Waals surface area contributed by atoms with Crippen molar-refractivity contribution in [3.8, 4) is 0 Å². The number of nitrogens with zero attached hydrogens (tertiary/aromatic N) is 2. The van der Waals surface area contributed by atoms with E-state index in [1.807, 2.05) is 61.5 Å². The van der Waals surface area contributed by atoms with Crippen LogP contribution in [0.3, 0.4) is 0 Å². The fourth-order valence-corrected chi connectivity index (χ4v) is 3.24. The highest BCUT2D eigenvalue weighted by atomic mass is 32.1. The summed E-state index contributed by atoms with van der Waals surface area (Å²) in [6, 6.07) is 17.6. The van der Waals surface area contributed by atoms with E-state index in [1.165, 1.54) is 0 Å². The Kier molecular flexibility index (Phi) is 6.27. The second-order valence-electron chi connectivity index (χ2n) is 5.85. The van der Waals surface area contributed by atoms with E-state index >= 15 is 0 Å². The fraction of sp³-hybridized carbons (Fsp3) is 0.200. The number of benzene rings is 2. The molecule has 3 aromatic rings. The molecule has 0 atom stereocenters. The Labute approximate surface area is 161 Å². The number of anilines is 1. The molecule has 7 heteroatoms. The lowest BCUT2D eigenvalue weighted by Crippen LogP contribution is -2.21. The quantitative estimate of drug-likeness (QED) is 0.634. The number of nitrogens with one attached hydrogen (secondary N) is 1. The number of carbonyl (C=O) groups is 2. The molecule has 1 aromatic heterocycles. The van der Waals surface area contributed by atoms with Crippen molar-refractivity contribution in [2.45, 2.75) is 19.8 Å². The van der Waals surface area contributed by atoms with Gasteiger partial charge in [0.05, 0.1) is 5.69 Å². The molecule has 3 rings (SSSR count). The third kappa shape index (κ3) is 4.98. The van der Waals surface area contributed by atoms with E-state index in [1.54, 1.807) is 0 Å². The number of aryl methyl sites for hydroxylation is 1. The molecule has 138 valence electrons. The molecule has 0 bridgehead atoms. The van der Waals surface area contributed by atoms with Crippen molar-refractivity contribution in [3.05, 3.63) is 76.3 Å². The Morgan fingerprint density at radius 2 is 1.81 bits per heavy atom. The molecule has 27 heavy (non-hydrogen) atoms. The predicted octanol–water partition coefficient (Wildman–Crippen LogP) is 3.49. The highest BCUT2D eigenvalue weighted by Crippen LogP contribution is 2.19. The Bertz CT molecular complexity index is 925. The maximum atomic E-state index is 12.2. The second-order valence-corrected chi connectivity index (χ2v) is 6.60. The summed E-state index contributed by atoms with van der Waals surface area (Å²) >= 11 is 0.974. The number of para-hydroxylation sites is 1. The zero-order valence-corrected chi connectivity index (χ0v) is 15.7. The number of rotatable bonds is 7. The number of hydrogen-bond donors (Lipinski definition) is 1. The molecule has 0 aliphatic heterocycles. The molecule has 0 aliphatic rings. The largest absolute Gasteiger partial charge is 0.451 e. The van der Waals surface area contributed by atoms with Gasteiger partial charge in [-0.2, -0.15) is 0 Å². The number of amides is 1. The van der Waals surface area contributed by atoms with Crippen LogP contribution in [0, 0.1) is 0 Å². The van der Waals surface area contributed by atoms with E-state index in [-0.39, 0.29) is 12.5 Å². The summed E-state index contributed by atoms with van der Waals surface area (Å²) in [5.74, 6) is -0.964. The van der Waals surface area contributed by atoms with Gasteiger partial charge in [0, 0.05) is 5.69 Å². The summed E-state index contributed by atoms with van der Waals surface area (Å²) in [5, 5.41) is 6.69.